The van der Waals surface area contributed by atoms with Gasteiger partial charge in [-0.3, -0.25) is 20.4 Å². The highest BCUT2D eigenvalue weighted by Gasteiger charge is 2.29. The zero-order valence-corrected chi connectivity index (χ0v) is 15.5. The lowest BCUT2D eigenvalue weighted by Crippen LogP contribution is -2.41. The van der Waals surface area contributed by atoms with Crippen molar-refractivity contribution in [3.63, 3.8) is 0 Å². The van der Waals surface area contributed by atoms with Crippen LogP contribution in [-0.2, 0) is 19.4 Å². The minimum Gasteiger partial charge on any atom is -0.497 e. The molecule has 0 saturated carbocycles. The predicted molar refractivity (Wildman–Crippen MR) is 96.2 cm³/mol. The largest absolute Gasteiger partial charge is 0.497 e. The maximum absolute atomic E-state index is 11.8. The molecule has 1 aromatic carbocycles. The number of hydrazine groups is 1. The van der Waals surface area contributed by atoms with E-state index in [0.29, 0.717) is 23.5 Å². The second-order valence-corrected chi connectivity index (χ2v) is 8.18. The highest BCUT2D eigenvalue weighted by molar-refractivity contribution is 7.91. The van der Waals surface area contributed by atoms with Gasteiger partial charge in [-0.1, -0.05) is 0 Å². The van der Waals surface area contributed by atoms with Crippen LogP contribution in [0.2, 0.25) is 0 Å². The Kier molecular flexibility index (Phi) is 6.62. The monoisotopic (exact) mass is 382 g/mol. The Bertz CT molecular complexity index is 803. The Labute approximate surface area is 152 Å². The van der Waals surface area contributed by atoms with Gasteiger partial charge in [-0.05, 0) is 30.5 Å². The lowest BCUT2D eigenvalue weighted by atomic mass is 10.1. The average molecular weight is 382 g/mol. The fraction of sp³-hybridized carbons (Fsp3) is 0.412. The van der Waals surface area contributed by atoms with E-state index in [9.17, 15) is 18.0 Å². The van der Waals surface area contributed by atoms with E-state index in [1.807, 2.05) is 0 Å². The van der Waals surface area contributed by atoms with Crippen LogP contribution < -0.4 is 20.3 Å². The smallest absolute Gasteiger partial charge is 0.262 e. The number of sulfone groups is 1. The van der Waals surface area contributed by atoms with Crippen molar-refractivity contribution in [2.75, 3.05) is 25.7 Å². The molecule has 1 heterocycles. The first-order chi connectivity index (χ1) is 12.3. The lowest BCUT2D eigenvalue weighted by Gasteiger charge is -2.09. The second kappa shape index (κ2) is 8.70. The molecule has 2 amide bonds. The van der Waals surface area contributed by atoms with Gasteiger partial charge >= 0.3 is 0 Å². The van der Waals surface area contributed by atoms with E-state index in [-0.39, 0.29) is 23.8 Å². The zero-order chi connectivity index (χ0) is 19.2. The topological polar surface area (TPSA) is 111 Å². The lowest BCUT2D eigenvalue weighted by molar-refractivity contribution is -0.127. The number of benzene rings is 1. The highest BCUT2D eigenvalue weighted by atomic mass is 32.2. The number of carbonyl (C=O) groups excluding carboxylic acids is 2. The quantitative estimate of drug-likeness (QED) is 0.553. The minimum atomic E-state index is -3.02. The molecule has 1 aliphatic heterocycles. The maximum Gasteiger partial charge on any atom is 0.262 e. The fourth-order valence-electron chi connectivity index (χ4n) is 2.64. The van der Waals surface area contributed by atoms with Gasteiger partial charge in [0.25, 0.3) is 5.91 Å². The van der Waals surface area contributed by atoms with Gasteiger partial charge in [0, 0.05) is 24.1 Å². The van der Waals surface area contributed by atoms with Crippen molar-refractivity contribution in [2.45, 2.75) is 12.8 Å². The van der Waals surface area contributed by atoms with Crippen LogP contribution in [0, 0.1) is 5.92 Å². The van der Waals surface area contributed by atoms with Gasteiger partial charge in [0.05, 0.1) is 25.7 Å². The third-order valence-corrected chi connectivity index (χ3v) is 5.82. The number of hydrogen-bond donors (Lipinski definition) is 2. The normalized spacial score (nSPS) is 18.5. The summed E-state index contributed by atoms with van der Waals surface area (Å²) in [7, 11) is 0.0300. The molecule has 1 atom stereocenters. The Morgan fingerprint density at radius 2 is 2.00 bits per heavy atom. The molecule has 0 aromatic heterocycles. The first kappa shape index (κ1) is 19.8. The molecule has 26 heavy (non-hydrogen) atoms. The summed E-state index contributed by atoms with van der Waals surface area (Å²) < 4.78 is 33.1. The molecule has 2 rings (SSSR count). The van der Waals surface area contributed by atoms with Gasteiger partial charge in [-0.2, -0.15) is 0 Å². The van der Waals surface area contributed by atoms with E-state index >= 15 is 0 Å². The van der Waals surface area contributed by atoms with E-state index in [4.69, 9.17) is 9.47 Å². The molecular formula is C17H22N2O6S. The molecule has 8 nitrogen and oxygen atoms in total. The first-order valence-electron chi connectivity index (χ1n) is 8.02. The van der Waals surface area contributed by atoms with Crippen LogP contribution in [0.5, 0.6) is 11.5 Å². The zero-order valence-electron chi connectivity index (χ0n) is 14.7. The van der Waals surface area contributed by atoms with Crippen molar-refractivity contribution in [1.29, 1.82) is 0 Å². The SMILES string of the molecule is COc1ccc(/C=C/C(=O)NNC(=O)C[C@H]2CCS(=O)(=O)C2)c(OC)c1. The van der Waals surface area contributed by atoms with E-state index in [1.54, 1.807) is 31.4 Å². The predicted octanol–water partition coefficient (Wildman–Crippen LogP) is 0.689. The van der Waals surface area contributed by atoms with Gasteiger partial charge < -0.3 is 9.47 Å². The summed E-state index contributed by atoms with van der Waals surface area (Å²) in [5, 5.41) is 0. The minimum absolute atomic E-state index is 0.0194. The maximum atomic E-state index is 11.8. The molecule has 0 bridgehead atoms. The third kappa shape index (κ3) is 5.76. The van der Waals surface area contributed by atoms with Crippen LogP contribution in [0.25, 0.3) is 6.08 Å². The number of ether oxygens (including phenoxy) is 2. The molecule has 0 spiro atoms. The van der Waals surface area contributed by atoms with E-state index in [0.717, 1.165) is 0 Å². The standard InChI is InChI=1S/C17H22N2O6S/c1-24-14-5-3-13(15(10-14)25-2)4-6-16(20)18-19-17(21)9-12-7-8-26(22,23)11-12/h3-6,10,12H,7-9,11H2,1-2H3,(H,18,20)(H,19,21)/b6-4+/t12-/m1/s1. The molecule has 142 valence electrons. The van der Waals surface area contributed by atoms with Crippen molar-refractivity contribution in [2.24, 2.45) is 5.92 Å². The molecule has 9 heteroatoms. The Hall–Kier alpha value is -2.55. The number of carbonyl (C=O) groups is 2. The summed E-state index contributed by atoms with van der Waals surface area (Å²) in [6, 6.07) is 5.16. The van der Waals surface area contributed by atoms with Crippen LogP contribution in [0.3, 0.4) is 0 Å². The van der Waals surface area contributed by atoms with Crippen molar-refractivity contribution in [3.05, 3.63) is 29.8 Å². The van der Waals surface area contributed by atoms with E-state index in [2.05, 4.69) is 10.9 Å². The summed E-state index contributed by atoms with van der Waals surface area (Å²) in [4.78, 5) is 23.6. The van der Waals surface area contributed by atoms with Crippen molar-refractivity contribution >= 4 is 27.7 Å². The van der Waals surface area contributed by atoms with E-state index < -0.39 is 21.7 Å². The van der Waals surface area contributed by atoms with Crippen LogP contribution in [0.1, 0.15) is 18.4 Å². The summed E-state index contributed by atoms with van der Waals surface area (Å²) in [6.07, 6.45) is 3.34. The molecule has 1 fully saturated rings. The fourth-order valence-corrected chi connectivity index (χ4v) is 4.50. The van der Waals surface area contributed by atoms with Gasteiger partial charge in [0.2, 0.25) is 5.91 Å². The van der Waals surface area contributed by atoms with Crippen LogP contribution in [-0.4, -0.2) is 46.0 Å². The number of methoxy groups -OCH3 is 2. The van der Waals surface area contributed by atoms with E-state index in [1.165, 1.54) is 13.2 Å². The Balaban J connectivity index is 1.83. The van der Waals surface area contributed by atoms with Gasteiger partial charge in [0.1, 0.15) is 11.5 Å². The molecule has 1 aliphatic rings. The second-order valence-electron chi connectivity index (χ2n) is 5.95. The molecule has 0 radical (unpaired) electrons. The number of amides is 2. The first-order valence-corrected chi connectivity index (χ1v) is 9.84. The molecule has 1 aromatic rings. The summed E-state index contributed by atoms with van der Waals surface area (Å²) in [5.41, 5.74) is 5.22. The van der Waals surface area contributed by atoms with Crippen LogP contribution >= 0.6 is 0 Å². The van der Waals surface area contributed by atoms with Gasteiger partial charge in [-0.15, -0.1) is 0 Å². The van der Waals surface area contributed by atoms with Gasteiger partial charge in [-0.25, -0.2) is 8.42 Å². The summed E-state index contributed by atoms with van der Waals surface area (Å²) >= 11 is 0. The van der Waals surface area contributed by atoms with Crippen molar-refractivity contribution in [3.8, 4) is 11.5 Å². The summed E-state index contributed by atoms with van der Waals surface area (Å²) in [6.45, 7) is 0. The van der Waals surface area contributed by atoms with Crippen LogP contribution in [0.15, 0.2) is 24.3 Å². The summed E-state index contributed by atoms with van der Waals surface area (Å²) in [5.74, 6) is 0.168. The van der Waals surface area contributed by atoms with Crippen molar-refractivity contribution in [1.82, 2.24) is 10.9 Å². The Morgan fingerprint density at radius 3 is 2.62 bits per heavy atom. The molecule has 1 saturated heterocycles. The number of nitrogens with one attached hydrogen (secondary N) is 2. The Morgan fingerprint density at radius 1 is 1.23 bits per heavy atom. The van der Waals surface area contributed by atoms with Gasteiger partial charge in [0.15, 0.2) is 9.84 Å². The molecule has 0 aliphatic carbocycles. The highest BCUT2D eigenvalue weighted by Crippen LogP contribution is 2.25. The molecule has 2 N–H and O–H groups in total. The molecule has 0 unspecified atom stereocenters. The number of hydrogen-bond acceptors (Lipinski definition) is 6. The van der Waals surface area contributed by atoms with Crippen molar-refractivity contribution < 1.29 is 27.5 Å². The number of rotatable bonds is 6. The average Bonchev–Trinajstić information content (AvgIpc) is 2.96. The molecular weight excluding hydrogens is 360 g/mol. The van der Waals surface area contributed by atoms with Crippen LogP contribution in [0.4, 0.5) is 0 Å². The third-order valence-electron chi connectivity index (χ3n) is 3.98.